The number of rotatable bonds is 2. The van der Waals surface area contributed by atoms with Crippen LogP contribution in [0.2, 0.25) is 0 Å². The van der Waals surface area contributed by atoms with Gasteiger partial charge in [0.2, 0.25) is 0 Å². The van der Waals surface area contributed by atoms with Gasteiger partial charge in [-0.2, -0.15) is 0 Å². The lowest BCUT2D eigenvalue weighted by Gasteiger charge is -2.05. The number of aryl methyl sites for hydroxylation is 4. The molecule has 2 nitrogen and oxygen atoms in total. The maximum Gasteiger partial charge on any atom is 0.195 e. The Morgan fingerprint density at radius 2 is 0.912 bits per heavy atom. The van der Waals surface area contributed by atoms with Crippen molar-refractivity contribution in [3.8, 4) is 19.5 Å². The molecule has 0 unspecified atom stereocenters. The Morgan fingerprint density at radius 3 is 1.26 bits per heavy atom. The van der Waals surface area contributed by atoms with E-state index in [0.29, 0.717) is 0 Å². The highest BCUT2D eigenvalue weighted by Crippen LogP contribution is 2.46. The van der Waals surface area contributed by atoms with Gasteiger partial charge in [0.1, 0.15) is 0 Å². The molecule has 0 aliphatic carbocycles. The summed E-state index contributed by atoms with van der Waals surface area (Å²) in [6.45, 7) is 8.24. The minimum absolute atomic E-state index is 0.0933. The van der Waals surface area contributed by atoms with Gasteiger partial charge in [0, 0.05) is 71.0 Å². The first kappa shape index (κ1) is 20.7. The topological polar surface area (TPSA) is 34.1 Å². The zero-order chi connectivity index (χ0) is 23.5. The van der Waals surface area contributed by atoms with Crippen LogP contribution in [-0.4, -0.2) is 0 Å². The second kappa shape index (κ2) is 6.95. The van der Waals surface area contributed by atoms with Gasteiger partial charge in [-0.05, 0) is 75.2 Å². The molecule has 0 radical (unpaired) electrons. The number of fused-ring (bicyclic) bond motifs is 6. The first-order chi connectivity index (χ1) is 16.3. The normalized spacial score (nSPS) is 12.4. The van der Waals surface area contributed by atoms with E-state index in [0.717, 1.165) is 62.6 Å². The standard InChI is InChI=1S/C28H18O2S4/c1-11-5-7-17(31-11)19-9-15-25(29)21-14(4)24-22(13(3)23(21)27(15)33-19)26(30)16-10-20(34-28(16)24)18-8-6-12(2)32-18/h5-10H,1-4H3. The second-order valence-electron chi connectivity index (χ2n) is 8.94. The van der Waals surface area contributed by atoms with Crippen molar-refractivity contribution in [2.75, 3.05) is 0 Å². The van der Waals surface area contributed by atoms with Gasteiger partial charge in [0.15, 0.2) is 10.9 Å². The van der Waals surface area contributed by atoms with E-state index in [4.69, 9.17) is 0 Å². The molecule has 0 amide bonds. The predicted molar refractivity (Wildman–Crippen MR) is 153 cm³/mol. The highest BCUT2D eigenvalue weighted by Gasteiger charge is 2.25. The van der Waals surface area contributed by atoms with Gasteiger partial charge in [0.25, 0.3) is 0 Å². The molecule has 0 saturated heterocycles. The van der Waals surface area contributed by atoms with E-state index in [1.807, 2.05) is 26.0 Å². The molecule has 0 N–H and O–H groups in total. The van der Waals surface area contributed by atoms with E-state index in [1.54, 1.807) is 45.3 Å². The second-order valence-corrected chi connectivity index (χ2v) is 13.6. The molecular weight excluding hydrogens is 497 g/mol. The molecular formula is C28H18O2S4. The van der Waals surface area contributed by atoms with E-state index in [9.17, 15) is 9.59 Å². The van der Waals surface area contributed by atoms with Crippen LogP contribution in [0.5, 0.6) is 0 Å². The summed E-state index contributed by atoms with van der Waals surface area (Å²) in [5.41, 5.74) is 2.08. The van der Waals surface area contributed by atoms with Crippen LogP contribution in [0.1, 0.15) is 20.9 Å². The SMILES string of the molecule is Cc1ccc(-c2cc3c(=O)c4c(C)c5c(c(C)c4c3s2)c(=O)c2cc(-c3ccc(C)s3)sc25)s1. The molecule has 166 valence electrons. The molecule has 0 spiro atoms. The van der Waals surface area contributed by atoms with Gasteiger partial charge in [-0.3, -0.25) is 9.59 Å². The third kappa shape index (κ3) is 2.60. The molecule has 0 aliphatic heterocycles. The third-order valence-electron chi connectivity index (χ3n) is 6.83. The Bertz CT molecular complexity index is 1900. The monoisotopic (exact) mass is 514 g/mol. The Labute approximate surface area is 211 Å². The summed E-state index contributed by atoms with van der Waals surface area (Å²) in [4.78, 5) is 34.5. The van der Waals surface area contributed by atoms with Crippen molar-refractivity contribution in [3.05, 3.63) is 77.7 Å². The van der Waals surface area contributed by atoms with Crippen molar-refractivity contribution in [2.24, 2.45) is 0 Å². The van der Waals surface area contributed by atoms with Crippen LogP contribution in [0.15, 0.2) is 46.0 Å². The molecule has 0 bridgehead atoms. The van der Waals surface area contributed by atoms with Crippen molar-refractivity contribution in [3.63, 3.8) is 0 Å². The molecule has 4 aromatic heterocycles. The molecule has 0 aliphatic rings. The van der Waals surface area contributed by atoms with Crippen molar-refractivity contribution >= 4 is 87.1 Å². The fourth-order valence-corrected chi connectivity index (χ4v) is 9.70. The van der Waals surface area contributed by atoms with Gasteiger partial charge < -0.3 is 0 Å². The molecule has 7 aromatic rings. The summed E-state index contributed by atoms with van der Waals surface area (Å²) < 4.78 is 2.03. The van der Waals surface area contributed by atoms with Crippen molar-refractivity contribution in [1.82, 2.24) is 0 Å². The Morgan fingerprint density at radius 1 is 0.500 bits per heavy atom. The number of benzene rings is 1. The zero-order valence-corrected chi connectivity index (χ0v) is 22.2. The summed E-state index contributed by atoms with van der Waals surface area (Å²) in [5.74, 6) is 0. The van der Waals surface area contributed by atoms with E-state index >= 15 is 0 Å². The summed E-state index contributed by atoms with van der Waals surface area (Å²) in [5, 5.41) is 5.08. The summed E-state index contributed by atoms with van der Waals surface area (Å²) in [6.07, 6.45) is 0. The van der Waals surface area contributed by atoms with E-state index in [-0.39, 0.29) is 10.9 Å². The molecule has 34 heavy (non-hydrogen) atoms. The smallest absolute Gasteiger partial charge is 0.195 e. The highest BCUT2D eigenvalue weighted by atomic mass is 32.1. The largest absolute Gasteiger partial charge is 0.289 e. The molecule has 0 saturated carbocycles. The van der Waals surface area contributed by atoms with Crippen LogP contribution in [0.4, 0.5) is 0 Å². The lowest BCUT2D eigenvalue weighted by atomic mass is 9.99. The van der Waals surface area contributed by atoms with Gasteiger partial charge in [-0.25, -0.2) is 0 Å². The zero-order valence-electron chi connectivity index (χ0n) is 18.9. The predicted octanol–water partition coefficient (Wildman–Crippen LogP) is 8.71. The average Bonchev–Trinajstić information content (AvgIpc) is 3.60. The maximum absolute atomic E-state index is 13.7. The summed E-state index contributed by atoms with van der Waals surface area (Å²) >= 11 is 6.85. The van der Waals surface area contributed by atoms with Gasteiger partial charge in [0.05, 0.1) is 0 Å². The third-order valence-corrected chi connectivity index (χ3v) is 11.5. The van der Waals surface area contributed by atoms with Gasteiger partial charge in [-0.15, -0.1) is 45.3 Å². The van der Waals surface area contributed by atoms with E-state index in [1.165, 1.54) is 19.5 Å². The molecule has 0 fully saturated rings. The van der Waals surface area contributed by atoms with Crippen molar-refractivity contribution < 1.29 is 0 Å². The molecule has 6 heteroatoms. The van der Waals surface area contributed by atoms with Gasteiger partial charge >= 0.3 is 0 Å². The highest BCUT2D eigenvalue weighted by molar-refractivity contribution is 7.27. The minimum Gasteiger partial charge on any atom is -0.289 e. The van der Waals surface area contributed by atoms with E-state index in [2.05, 4.69) is 38.1 Å². The molecule has 3 aromatic carbocycles. The van der Waals surface area contributed by atoms with Crippen LogP contribution in [0.25, 0.3) is 61.2 Å². The summed E-state index contributed by atoms with van der Waals surface area (Å²) in [7, 11) is 0. The van der Waals surface area contributed by atoms with Crippen LogP contribution < -0.4 is 10.9 Å². The fourth-order valence-electron chi connectivity index (χ4n) is 5.27. The quantitative estimate of drug-likeness (QED) is 0.231. The van der Waals surface area contributed by atoms with Crippen LogP contribution in [0.3, 0.4) is 0 Å². The van der Waals surface area contributed by atoms with Gasteiger partial charge in [-0.1, -0.05) is 0 Å². The Kier molecular flexibility index (Phi) is 4.23. The summed E-state index contributed by atoms with van der Waals surface area (Å²) in [6, 6.07) is 12.6. The number of thiophene rings is 4. The first-order valence-corrected chi connectivity index (χ1v) is 14.3. The van der Waals surface area contributed by atoms with E-state index < -0.39 is 0 Å². The van der Waals surface area contributed by atoms with Crippen LogP contribution in [-0.2, 0) is 0 Å². The fraction of sp³-hybridized carbons (Fsp3) is 0.143. The molecule has 0 atom stereocenters. The van der Waals surface area contributed by atoms with Crippen LogP contribution in [0, 0.1) is 27.7 Å². The average molecular weight is 515 g/mol. The maximum atomic E-state index is 13.7. The Hall–Kier alpha value is -2.64. The Balaban J connectivity index is 1.58. The van der Waals surface area contributed by atoms with Crippen molar-refractivity contribution in [1.29, 1.82) is 0 Å². The molecule has 4 heterocycles. The first-order valence-electron chi connectivity index (χ1n) is 11.0. The lowest BCUT2D eigenvalue weighted by Crippen LogP contribution is -2.00. The lowest BCUT2D eigenvalue weighted by molar-refractivity contribution is 1.55. The molecule has 7 rings (SSSR count). The minimum atomic E-state index is 0.0933. The van der Waals surface area contributed by atoms with Crippen molar-refractivity contribution in [2.45, 2.75) is 27.7 Å². The number of hydrogen-bond donors (Lipinski definition) is 0. The number of hydrogen-bond acceptors (Lipinski definition) is 6. The van der Waals surface area contributed by atoms with Crippen LogP contribution >= 0.6 is 45.3 Å².